The average molecular weight is 472 g/mol. The predicted octanol–water partition coefficient (Wildman–Crippen LogP) is 3.38. The van der Waals surface area contributed by atoms with Crippen molar-refractivity contribution in [2.24, 2.45) is 0 Å². The number of aromatic nitrogens is 3. The molecule has 1 saturated heterocycles. The van der Waals surface area contributed by atoms with Gasteiger partial charge in [-0.15, -0.1) is 0 Å². The first kappa shape index (κ1) is 22.7. The van der Waals surface area contributed by atoms with Gasteiger partial charge in [0, 0.05) is 50.8 Å². The topological polar surface area (TPSA) is 72.7 Å². The molecule has 35 heavy (non-hydrogen) atoms. The van der Waals surface area contributed by atoms with Crippen molar-refractivity contribution in [1.29, 1.82) is 0 Å². The zero-order chi connectivity index (χ0) is 24.2. The molecule has 180 valence electrons. The van der Waals surface area contributed by atoms with E-state index in [4.69, 9.17) is 14.5 Å². The zero-order valence-corrected chi connectivity index (χ0v) is 20.1. The van der Waals surface area contributed by atoms with Crippen molar-refractivity contribution in [1.82, 2.24) is 14.5 Å². The van der Waals surface area contributed by atoms with Gasteiger partial charge in [0.05, 0.1) is 25.1 Å². The highest BCUT2D eigenvalue weighted by Crippen LogP contribution is 2.27. The van der Waals surface area contributed by atoms with Gasteiger partial charge in [0.1, 0.15) is 0 Å². The number of piperazine rings is 1. The monoisotopic (exact) mass is 471 g/mol. The molecule has 0 radical (unpaired) electrons. The molecule has 1 fully saturated rings. The quantitative estimate of drug-likeness (QED) is 0.409. The van der Waals surface area contributed by atoms with E-state index >= 15 is 0 Å². The van der Waals surface area contributed by atoms with Crippen LogP contribution in [0.3, 0.4) is 0 Å². The Morgan fingerprint density at radius 1 is 0.886 bits per heavy atom. The maximum atomic E-state index is 13.1. The number of rotatable bonds is 7. The van der Waals surface area contributed by atoms with Gasteiger partial charge in [-0.1, -0.05) is 24.3 Å². The highest BCUT2D eigenvalue weighted by molar-refractivity contribution is 5.77. The summed E-state index contributed by atoms with van der Waals surface area (Å²) in [6, 6.07) is 18.1. The van der Waals surface area contributed by atoms with Crippen LogP contribution in [0.15, 0.2) is 71.8 Å². The second-order valence-electron chi connectivity index (χ2n) is 8.53. The summed E-state index contributed by atoms with van der Waals surface area (Å²) < 4.78 is 12.4. The molecule has 2 aromatic carbocycles. The first-order valence-corrected chi connectivity index (χ1v) is 11.8. The number of fused-ring (bicyclic) bond motifs is 1. The molecule has 0 bridgehead atoms. The predicted molar refractivity (Wildman–Crippen MR) is 138 cm³/mol. The maximum absolute atomic E-state index is 13.1. The van der Waals surface area contributed by atoms with Gasteiger partial charge >= 0.3 is 0 Å². The Balaban J connectivity index is 1.28. The molecule has 1 aliphatic rings. The number of benzene rings is 2. The van der Waals surface area contributed by atoms with E-state index in [9.17, 15) is 4.79 Å². The Bertz CT molecular complexity index is 1360. The highest BCUT2D eigenvalue weighted by Gasteiger charge is 2.20. The fourth-order valence-electron chi connectivity index (χ4n) is 4.48. The van der Waals surface area contributed by atoms with Crippen LogP contribution in [0.25, 0.3) is 10.9 Å². The van der Waals surface area contributed by atoms with E-state index in [0.717, 1.165) is 31.7 Å². The third-order valence-electron chi connectivity index (χ3n) is 6.48. The number of pyridine rings is 1. The summed E-state index contributed by atoms with van der Waals surface area (Å²) >= 11 is 0. The van der Waals surface area contributed by atoms with Gasteiger partial charge in [-0.05, 0) is 42.3 Å². The van der Waals surface area contributed by atoms with Crippen LogP contribution in [0.1, 0.15) is 5.56 Å². The van der Waals surface area contributed by atoms with Crippen LogP contribution < -0.4 is 24.8 Å². The third kappa shape index (κ3) is 4.77. The molecular formula is C27H29N5O3. The van der Waals surface area contributed by atoms with Crippen LogP contribution >= 0.6 is 0 Å². The molecule has 0 atom stereocenters. The molecule has 8 heteroatoms. The van der Waals surface area contributed by atoms with Crippen molar-refractivity contribution >= 4 is 22.5 Å². The Kier molecular flexibility index (Phi) is 6.52. The lowest BCUT2D eigenvalue weighted by Crippen LogP contribution is -2.47. The Morgan fingerprint density at radius 2 is 1.63 bits per heavy atom. The van der Waals surface area contributed by atoms with Gasteiger partial charge in [0.25, 0.3) is 5.56 Å². The van der Waals surface area contributed by atoms with E-state index < -0.39 is 0 Å². The third-order valence-corrected chi connectivity index (χ3v) is 6.48. The van der Waals surface area contributed by atoms with Gasteiger partial charge < -0.3 is 23.8 Å². The fourth-order valence-corrected chi connectivity index (χ4v) is 4.48. The van der Waals surface area contributed by atoms with Crippen molar-refractivity contribution in [2.75, 3.05) is 50.2 Å². The van der Waals surface area contributed by atoms with Crippen LogP contribution in [0.4, 0.5) is 11.6 Å². The standard InChI is InChI=1S/C27H29N5O3/c1-34-24-9-8-20(18-25(24)35-2)10-12-31-13-11-23-22(26(31)33)19-28-27(29-23)32-16-14-30(15-17-32)21-6-4-3-5-7-21/h3-9,11,13,18-19H,10,12,14-17H2,1-2H3. The van der Waals surface area contributed by atoms with Crippen molar-refractivity contribution in [3.63, 3.8) is 0 Å². The molecular weight excluding hydrogens is 442 g/mol. The number of aryl methyl sites for hydroxylation is 2. The molecule has 5 rings (SSSR count). The molecule has 3 heterocycles. The number of para-hydroxylation sites is 1. The Labute approximate surface area is 204 Å². The fraction of sp³-hybridized carbons (Fsp3) is 0.296. The minimum Gasteiger partial charge on any atom is -0.493 e. The normalized spacial score (nSPS) is 13.8. The van der Waals surface area contributed by atoms with Crippen LogP contribution in [0, 0.1) is 0 Å². The second kappa shape index (κ2) is 10.0. The van der Waals surface area contributed by atoms with Crippen molar-refractivity contribution in [3.05, 3.63) is 82.9 Å². The molecule has 1 aliphatic heterocycles. The molecule has 8 nitrogen and oxygen atoms in total. The van der Waals surface area contributed by atoms with Crippen molar-refractivity contribution in [3.8, 4) is 11.5 Å². The summed E-state index contributed by atoms with van der Waals surface area (Å²) in [5.41, 5.74) is 2.90. The summed E-state index contributed by atoms with van der Waals surface area (Å²) in [7, 11) is 3.23. The highest BCUT2D eigenvalue weighted by atomic mass is 16.5. The summed E-state index contributed by atoms with van der Waals surface area (Å²) in [5, 5.41) is 0.534. The van der Waals surface area contributed by atoms with E-state index in [0.29, 0.717) is 41.3 Å². The van der Waals surface area contributed by atoms with Gasteiger partial charge in [0.15, 0.2) is 11.5 Å². The molecule has 0 unspecified atom stereocenters. The van der Waals surface area contributed by atoms with E-state index in [2.05, 4.69) is 39.0 Å². The van der Waals surface area contributed by atoms with Crippen LogP contribution in [0.2, 0.25) is 0 Å². The molecule has 0 N–H and O–H groups in total. The maximum Gasteiger partial charge on any atom is 0.261 e. The Hall–Kier alpha value is -4.07. The lowest BCUT2D eigenvalue weighted by atomic mass is 10.1. The minimum atomic E-state index is -0.0802. The smallest absolute Gasteiger partial charge is 0.261 e. The Morgan fingerprint density at radius 3 is 2.37 bits per heavy atom. The van der Waals surface area contributed by atoms with E-state index in [1.165, 1.54) is 5.69 Å². The molecule has 0 spiro atoms. The summed E-state index contributed by atoms with van der Waals surface area (Å²) in [6.07, 6.45) is 4.17. The number of nitrogens with zero attached hydrogens (tertiary/aromatic N) is 5. The lowest BCUT2D eigenvalue weighted by molar-refractivity contribution is 0.354. The average Bonchev–Trinajstić information content (AvgIpc) is 2.93. The van der Waals surface area contributed by atoms with E-state index in [1.54, 1.807) is 25.0 Å². The molecule has 4 aromatic rings. The van der Waals surface area contributed by atoms with Crippen LogP contribution in [-0.2, 0) is 13.0 Å². The van der Waals surface area contributed by atoms with Crippen molar-refractivity contribution < 1.29 is 9.47 Å². The van der Waals surface area contributed by atoms with Gasteiger partial charge in [0.2, 0.25) is 5.95 Å². The number of ether oxygens (including phenoxy) is 2. The van der Waals surface area contributed by atoms with Crippen LogP contribution in [-0.4, -0.2) is 54.9 Å². The van der Waals surface area contributed by atoms with Crippen LogP contribution in [0.5, 0.6) is 11.5 Å². The molecule has 2 aromatic heterocycles. The largest absolute Gasteiger partial charge is 0.493 e. The van der Waals surface area contributed by atoms with Gasteiger partial charge in [-0.3, -0.25) is 4.79 Å². The van der Waals surface area contributed by atoms with E-state index in [-0.39, 0.29) is 5.56 Å². The van der Waals surface area contributed by atoms with Gasteiger partial charge in [-0.25, -0.2) is 9.97 Å². The number of methoxy groups -OCH3 is 2. The first-order valence-electron chi connectivity index (χ1n) is 11.8. The molecule has 0 aliphatic carbocycles. The molecule has 0 saturated carbocycles. The number of anilines is 2. The second-order valence-corrected chi connectivity index (χ2v) is 8.53. The molecule has 0 amide bonds. The summed E-state index contributed by atoms with van der Waals surface area (Å²) in [4.78, 5) is 26.9. The summed E-state index contributed by atoms with van der Waals surface area (Å²) in [5.74, 6) is 2.04. The lowest BCUT2D eigenvalue weighted by Gasteiger charge is -2.36. The minimum absolute atomic E-state index is 0.0802. The number of hydrogen-bond acceptors (Lipinski definition) is 7. The van der Waals surface area contributed by atoms with E-state index in [1.807, 2.05) is 36.5 Å². The number of hydrogen-bond donors (Lipinski definition) is 0. The van der Waals surface area contributed by atoms with Crippen molar-refractivity contribution in [2.45, 2.75) is 13.0 Å². The SMILES string of the molecule is COc1ccc(CCn2ccc3nc(N4CCN(c5ccccc5)CC4)ncc3c2=O)cc1OC. The first-order chi connectivity index (χ1) is 17.2. The zero-order valence-electron chi connectivity index (χ0n) is 20.1. The summed E-state index contributed by atoms with van der Waals surface area (Å²) in [6.45, 7) is 4.03. The van der Waals surface area contributed by atoms with Gasteiger partial charge in [-0.2, -0.15) is 0 Å².